The van der Waals surface area contributed by atoms with E-state index >= 15 is 0 Å². The maximum Gasteiger partial charge on any atom is 0.259 e. The number of nitrogens with zero attached hydrogens (tertiary/aromatic N) is 2. The highest BCUT2D eigenvalue weighted by atomic mass is 31.2. The average molecular weight is 491 g/mol. The number of benzene rings is 1. The molecule has 3 unspecified atom stereocenters. The third-order valence-corrected chi connectivity index (χ3v) is 9.55. The van der Waals surface area contributed by atoms with Gasteiger partial charge in [0, 0.05) is 23.4 Å². The maximum absolute atomic E-state index is 8.93. The monoisotopic (exact) mass is 490 g/mol. The van der Waals surface area contributed by atoms with Gasteiger partial charge in [-0.3, -0.25) is 0 Å². The van der Waals surface area contributed by atoms with E-state index in [0.29, 0.717) is 37.6 Å². The topological polar surface area (TPSA) is 45.5 Å². The molecule has 35 heavy (non-hydrogen) atoms. The minimum atomic E-state index is -1.18. The van der Waals surface area contributed by atoms with Gasteiger partial charge < -0.3 is 9.05 Å². The Hall–Kier alpha value is -2.02. The molecule has 0 saturated carbocycles. The summed E-state index contributed by atoms with van der Waals surface area (Å²) in [7, 11) is -1.18. The molecule has 0 saturated heterocycles. The van der Waals surface area contributed by atoms with Crippen LogP contribution in [0.1, 0.15) is 77.0 Å². The second-order valence-electron chi connectivity index (χ2n) is 10.2. The van der Waals surface area contributed by atoms with Gasteiger partial charge in [-0.25, -0.2) is 4.67 Å². The van der Waals surface area contributed by atoms with Gasteiger partial charge in [0.25, 0.3) is 8.53 Å². The van der Waals surface area contributed by atoms with Crippen LogP contribution in [0.5, 0.6) is 0 Å². The summed E-state index contributed by atoms with van der Waals surface area (Å²) in [6.45, 7) is 12.1. The molecule has 0 radical (unpaired) electrons. The third kappa shape index (κ3) is 4.98. The second-order valence-corrected chi connectivity index (χ2v) is 11.6. The van der Waals surface area contributed by atoms with Crippen molar-refractivity contribution in [1.82, 2.24) is 4.67 Å². The van der Waals surface area contributed by atoms with Gasteiger partial charge in [-0.1, -0.05) is 67.2 Å². The van der Waals surface area contributed by atoms with Crippen molar-refractivity contribution in [2.45, 2.75) is 77.8 Å². The zero-order chi connectivity index (χ0) is 25.0. The van der Waals surface area contributed by atoms with E-state index in [1.165, 1.54) is 27.8 Å². The van der Waals surface area contributed by atoms with Crippen LogP contribution in [0.25, 0.3) is 12.2 Å². The predicted octanol–water partition coefficient (Wildman–Crippen LogP) is 7.94. The van der Waals surface area contributed by atoms with Crippen molar-refractivity contribution in [3.63, 3.8) is 0 Å². The molecule has 0 aliphatic heterocycles. The molecule has 5 heteroatoms. The number of nitriles is 1. The first-order chi connectivity index (χ1) is 16.9. The van der Waals surface area contributed by atoms with Crippen LogP contribution in [-0.2, 0) is 14.5 Å². The van der Waals surface area contributed by atoms with Gasteiger partial charge in [0.15, 0.2) is 0 Å². The molecule has 3 aliphatic rings. The van der Waals surface area contributed by atoms with Crippen LogP contribution in [0, 0.1) is 17.2 Å². The lowest BCUT2D eigenvalue weighted by Crippen LogP contribution is -2.42. The van der Waals surface area contributed by atoms with E-state index in [-0.39, 0.29) is 5.41 Å². The molecule has 3 atom stereocenters. The fraction of sp³-hybridized carbons (Fsp3) is 0.500. The molecular weight excluding hydrogens is 451 g/mol. The SMILES string of the molecule is CCC12C3=CC=C(CCCOP(OCCC#N)N(C(C)C)C(C)C)C1C=Cc1cccc(c12)C=C3. The number of hydrogen-bond acceptors (Lipinski definition) is 4. The molecule has 0 N–H and O–H groups in total. The van der Waals surface area contributed by atoms with Crippen LogP contribution in [0.2, 0.25) is 0 Å². The van der Waals surface area contributed by atoms with Gasteiger partial charge in [-0.15, -0.1) is 0 Å². The molecule has 1 aromatic rings. The summed E-state index contributed by atoms with van der Waals surface area (Å²) in [6.07, 6.45) is 17.5. The van der Waals surface area contributed by atoms with Gasteiger partial charge >= 0.3 is 0 Å². The minimum Gasteiger partial charge on any atom is -0.322 e. The van der Waals surface area contributed by atoms with Gasteiger partial charge in [0.2, 0.25) is 0 Å². The fourth-order valence-corrected chi connectivity index (χ4v) is 7.70. The molecule has 4 rings (SSSR count). The number of hydrogen-bond donors (Lipinski definition) is 0. The Balaban J connectivity index is 1.46. The van der Waals surface area contributed by atoms with Crippen molar-refractivity contribution in [2.75, 3.05) is 13.2 Å². The molecule has 186 valence electrons. The maximum atomic E-state index is 8.93. The Morgan fingerprint density at radius 2 is 1.74 bits per heavy atom. The standard InChI is InChI=1S/C30H39N2O2P/c1-6-30-27-16-13-24(28(30)18-15-26-11-7-10-25(14-17-27)29(26)30)12-8-20-33-35(34-21-9-19-31)32(22(2)3)23(4)5/h7,10-11,13-18,22-23,28H,6,8-9,12,20-21H2,1-5H3. The van der Waals surface area contributed by atoms with Crippen LogP contribution in [0.15, 0.2) is 53.6 Å². The first-order valence-corrected chi connectivity index (χ1v) is 14.2. The number of allylic oxidation sites excluding steroid dienone is 6. The van der Waals surface area contributed by atoms with Gasteiger partial charge in [0.1, 0.15) is 0 Å². The quantitative estimate of drug-likeness (QED) is 0.220. The molecule has 0 spiro atoms. The van der Waals surface area contributed by atoms with E-state index in [1.54, 1.807) is 0 Å². The van der Waals surface area contributed by atoms with Crippen molar-refractivity contribution in [2.24, 2.45) is 5.92 Å². The van der Waals surface area contributed by atoms with Crippen LogP contribution in [0.4, 0.5) is 0 Å². The predicted molar refractivity (Wildman–Crippen MR) is 147 cm³/mol. The smallest absolute Gasteiger partial charge is 0.259 e. The molecule has 4 nitrogen and oxygen atoms in total. The van der Waals surface area contributed by atoms with Gasteiger partial charge in [0.05, 0.1) is 25.7 Å². The highest BCUT2D eigenvalue weighted by Gasteiger charge is 2.47. The van der Waals surface area contributed by atoms with E-state index in [2.05, 4.69) is 100 Å². The van der Waals surface area contributed by atoms with Crippen molar-refractivity contribution in [3.8, 4) is 6.07 Å². The average Bonchev–Trinajstić information content (AvgIpc) is 2.84. The first kappa shape index (κ1) is 26.1. The first-order valence-electron chi connectivity index (χ1n) is 13.1. The van der Waals surface area contributed by atoms with Gasteiger partial charge in [-0.05, 0) is 69.2 Å². The summed E-state index contributed by atoms with van der Waals surface area (Å²) < 4.78 is 14.7. The van der Waals surface area contributed by atoms with Crippen molar-refractivity contribution >= 4 is 20.7 Å². The molecule has 0 amide bonds. The highest BCUT2D eigenvalue weighted by molar-refractivity contribution is 7.44. The largest absolute Gasteiger partial charge is 0.322 e. The molecule has 3 aliphatic carbocycles. The lowest BCUT2D eigenvalue weighted by Gasteiger charge is -2.49. The molecule has 1 aromatic carbocycles. The van der Waals surface area contributed by atoms with Crippen molar-refractivity contribution < 1.29 is 9.05 Å². The van der Waals surface area contributed by atoms with Crippen LogP contribution in [0.3, 0.4) is 0 Å². The zero-order valence-electron chi connectivity index (χ0n) is 21.8. The summed E-state index contributed by atoms with van der Waals surface area (Å²) in [5.74, 6) is 0.391. The van der Waals surface area contributed by atoms with Crippen molar-refractivity contribution in [1.29, 1.82) is 5.26 Å². The van der Waals surface area contributed by atoms with Crippen LogP contribution >= 0.6 is 8.53 Å². The minimum absolute atomic E-state index is 0.0411. The number of rotatable bonds is 12. The van der Waals surface area contributed by atoms with E-state index in [0.717, 1.165) is 19.3 Å². The third-order valence-electron chi connectivity index (χ3n) is 7.44. The molecular formula is C30H39N2O2P. The second kappa shape index (κ2) is 11.4. The van der Waals surface area contributed by atoms with E-state index in [9.17, 15) is 0 Å². The zero-order valence-corrected chi connectivity index (χ0v) is 22.7. The Kier molecular flexibility index (Phi) is 8.46. The Morgan fingerprint density at radius 3 is 2.43 bits per heavy atom. The molecule has 0 bridgehead atoms. The Morgan fingerprint density at radius 1 is 1.03 bits per heavy atom. The van der Waals surface area contributed by atoms with Gasteiger partial charge in [-0.2, -0.15) is 5.26 Å². The molecule has 0 fully saturated rings. The normalized spacial score (nSPS) is 22.8. The molecule has 0 heterocycles. The highest BCUT2D eigenvalue weighted by Crippen LogP contribution is 2.56. The van der Waals surface area contributed by atoms with E-state index < -0.39 is 8.53 Å². The Labute approximate surface area is 213 Å². The lowest BCUT2D eigenvalue weighted by atomic mass is 9.54. The van der Waals surface area contributed by atoms with Crippen LogP contribution < -0.4 is 0 Å². The Bertz CT molecular complexity index is 1070. The van der Waals surface area contributed by atoms with E-state index in [1.807, 2.05) is 0 Å². The lowest BCUT2D eigenvalue weighted by molar-refractivity contribution is 0.175. The van der Waals surface area contributed by atoms with E-state index in [4.69, 9.17) is 14.3 Å². The molecule has 0 aromatic heterocycles. The van der Waals surface area contributed by atoms with Crippen LogP contribution in [-0.4, -0.2) is 30.0 Å². The summed E-state index contributed by atoms with van der Waals surface area (Å²) in [6, 6.07) is 9.50. The fourth-order valence-electron chi connectivity index (χ4n) is 6.07. The summed E-state index contributed by atoms with van der Waals surface area (Å²) in [5, 5.41) is 8.93. The summed E-state index contributed by atoms with van der Waals surface area (Å²) in [4.78, 5) is 0. The summed E-state index contributed by atoms with van der Waals surface area (Å²) >= 11 is 0. The summed E-state index contributed by atoms with van der Waals surface area (Å²) in [5.41, 5.74) is 7.20. The van der Waals surface area contributed by atoms with Crippen molar-refractivity contribution in [3.05, 3.63) is 70.3 Å².